The fourth-order valence-corrected chi connectivity index (χ4v) is 14.8. The Hall–Kier alpha value is -5.61. The number of ether oxygens (including phenoxy) is 4. The molecule has 2 saturated carbocycles. The summed E-state index contributed by atoms with van der Waals surface area (Å²) < 4.78 is 58.0. The van der Waals surface area contributed by atoms with E-state index in [-0.39, 0.29) is 41.3 Å². The van der Waals surface area contributed by atoms with Crippen LogP contribution in [0.15, 0.2) is 83.9 Å². The van der Waals surface area contributed by atoms with E-state index in [0.29, 0.717) is 81.3 Å². The molecule has 4 aliphatic heterocycles. The molecule has 6 aliphatic rings. The van der Waals surface area contributed by atoms with Gasteiger partial charge < -0.3 is 43.7 Å². The zero-order valence-electron chi connectivity index (χ0n) is 46.5. The molecule has 0 bridgehead atoms. The van der Waals surface area contributed by atoms with Crippen LogP contribution >= 0.6 is 0 Å². The number of carbonyl (C=O) groups excluding carboxylic acids is 1. The molecule has 3 atom stereocenters. The van der Waals surface area contributed by atoms with Crippen molar-refractivity contribution in [1.29, 1.82) is 0 Å². The van der Waals surface area contributed by atoms with E-state index >= 15 is 0 Å². The second kappa shape index (κ2) is 22.4. The monoisotopic (exact) mass is 1120 g/mol. The van der Waals surface area contributed by atoms with Crippen LogP contribution in [-0.2, 0) is 31.0 Å². The Kier molecular flexibility index (Phi) is 15.7. The molecule has 3 saturated heterocycles. The van der Waals surface area contributed by atoms with E-state index in [2.05, 4.69) is 75.6 Å². The number of hydrogen-bond acceptors (Lipinski definition) is 15. The maximum absolute atomic E-state index is 14.9. The number of nitro groups is 1. The zero-order chi connectivity index (χ0) is 55.3. The van der Waals surface area contributed by atoms with Gasteiger partial charge >= 0.3 is 0 Å². The lowest BCUT2D eigenvalue weighted by Gasteiger charge is -2.56. The molecule has 424 valence electrons. The topological polar surface area (TPSA) is 203 Å². The van der Waals surface area contributed by atoms with Gasteiger partial charge in [0.05, 0.1) is 52.0 Å². The number of nitro benzene ring substituents is 1. The van der Waals surface area contributed by atoms with Gasteiger partial charge in [-0.3, -0.25) is 19.8 Å². The van der Waals surface area contributed by atoms with E-state index in [0.717, 1.165) is 94.4 Å². The molecule has 1 spiro atoms. The van der Waals surface area contributed by atoms with Gasteiger partial charge in [0.25, 0.3) is 21.6 Å². The van der Waals surface area contributed by atoms with Gasteiger partial charge in [0.1, 0.15) is 29.9 Å². The third-order valence-corrected chi connectivity index (χ3v) is 20.9. The van der Waals surface area contributed by atoms with Gasteiger partial charge in [0, 0.05) is 83.5 Å². The summed E-state index contributed by atoms with van der Waals surface area (Å²) in [6, 6.07) is 23.4. The van der Waals surface area contributed by atoms with Gasteiger partial charge in [-0.1, -0.05) is 43.9 Å². The van der Waals surface area contributed by atoms with Crippen molar-refractivity contribution in [1.82, 2.24) is 19.2 Å². The second-order valence-electron chi connectivity index (χ2n) is 24.8. The van der Waals surface area contributed by atoms with Crippen molar-refractivity contribution in [3.8, 4) is 5.88 Å². The van der Waals surface area contributed by atoms with Gasteiger partial charge in [-0.25, -0.2) is 13.1 Å². The Morgan fingerprint density at radius 1 is 0.937 bits per heavy atom. The Bertz CT molecular complexity index is 3160. The number of fused-ring (bicyclic) bond motifs is 3. The van der Waals surface area contributed by atoms with Crippen LogP contribution < -0.4 is 24.6 Å². The lowest BCUT2D eigenvalue weighted by Crippen LogP contribution is -2.56. The van der Waals surface area contributed by atoms with Crippen LogP contribution in [0.5, 0.6) is 5.88 Å². The van der Waals surface area contributed by atoms with Crippen molar-refractivity contribution in [2.75, 3.05) is 74.3 Å². The van der Waals surface area contributed by atoms with Gasteiger partial charge in [-0.05, 0) is 149 Å². The van der Waals surface area contributed by atoms with Gasteiger partial charge in [-0.15, -0.1) is 0 Å². The van der Waals surface area contributed by atoms with Crippen LogP contribution in [0.4, 0.5) is 28.4 Å². The van der Waals surface area contributed by atoms with Crippen molar-refractivity contribution in [3.63, 3.8) is 0 Å². The maximum atomic E-state index is 14.9. The first-order valence-electron chi connectivity index (χ1n) is 28.5. The van der Waals surface area contributed by atoms with Gasteiger partial charge in [0.15, 0.2) is 0 Å². The van der Waals surface area contributed by atoms with Crippen molar-refractivity contribution >= 4 is 63.5 Å². The van der Waals surface area contributed by atoms with Gasteiger partial charge in [-0.2, -0.15) is 4.98 Å². The first-order valence-corrected chi connectivity index (χ1v) is 33.7. The number of pyridine rings is 1. The number of amides is 1. The smallest absolute Gasteiger partial charge is 0.293 e. The highest BCUT2D eigenvalue weighted by Crippen LogP contribution is 2.54. The molecular formula is C59H78N8O10SSi. The summed E-state index contributed by atoms with van der Waals surface area (Å²) in [4.78, 5) is 38.7. The van der Waals surface area contributed by atoms with Crippen molar-refractivity contribution in [2.24, 2.45) is 11.3 Å². The molecule has 18 nitrogen and oxygen atoms in total. The highest BCUT2D eigenvalue weighted by molar-refractivity contribution is 7.90. The van der Waals surface area contributed by atoms with E-state index < -0.39 is 51.2 Å². The summed E-state index contributed by atoms with van der Waals surface area (Å²) in [5, 5.41) is 26.9. The average molecular weight is 1120 g/mol. The highest BCUT2D eigenvalue weighted by Gasteiger charge is 2.50. The molecule has 5 aromatic rings. The van der Waals surface area contributed by atoms with Crippen molar-refractivity contribution in [2.45, 2.75) is 145 Å². The molecule has 2 aromatic heterocycles. The maximum Gasteiger partial charge on any atom is 0.293 e. The molecular weight excluding hydrogens is 1040 g/mol. The fourth-order valence-electron chi connectivity index (χ4n) is 13.1. The molecule has 6 heterocycles. The van der Waals surface area contributed by atoms with Crippen LogP contribution in [-0.4, -0.2) is 130 Å². The molecule has 0 unspecified atom stereocenters. The number of sulfonamides is 1. The molecule has 79 heavy (non-hydrogen) atoms. The molecule has 3 N–H and O–H groups in total. The quantitative estimate of drug-likeness (QED) is 0.0364. The molecule has 11 rings (SSSR count). The van der Waals surface area contributed by atoms with E-state index in [4.69, 9.17) is 23.9 Å². The lowest BCUT2D eigenvalue weighted by atomic mass is 9.59. The number of aromatic nitrogens is 2. The van der Waals surface area contributed by atoms with Crippen molar-refractivity contribution in [3.05, 3.63) is 106 Å². The first kappa shape index (κ1) is 55.3. The fraction of sp³-hybridized carbons (Fsp3) is 0.559. The Morgan fingerprint density at radius 2 is 1.71 bits per heavy atom. The number of aliphatic hydroxyl groups is 1. The number of nitrogens with zero attached hydrogens (tertiary/aromatic N) is 6. The van der Waals surface area contributed by atoms with E-state index in [9.17, 15) is 28.4 Å². The average Bonchev–Trinajstić information content (AvgIpc) is 3.88. The first-order chi connectivity index (χ1) is 37.8. The van der Waals surface area contributed by atoms with E-state index in [1.807, 2.05) is 42.0 Å². The number of rotatable bonds is 16. The van der Waals surface area contributed by atoms with Gasteiger partial charge in [0.2, 0.25) is 5.88 Å². The van der Waals surface area contributed by atoms with Crippen LogP contribution in [0.1, 0.15) is 98.7 Å². The second-order valence-corrected chi connectivity index (χ2v) is 32.1. The third-order valence-electron chi connectivity index (χ3n) is 17.9. The largest absolute Gasteiger partial charge is 0.468 e. The third kappa shape index (κ3) is 11.9. The summed E-state index contributed by atoms with van der Waals surface area (Å²) in [6.07, 6.45) is 10.2. The van der Waals surface area contributed by atoms with Crippen LogP contribution in [0.25, 0.3) is 11.0 Å². The Morgan fingerprint density at radius 3 is 2.47 bits per heavy atom. The normalized spacial score (nSPS) is 24.7. The predicted octanol–water partition coefficient (Wildman–Crippen LogP) is 9.94. The Labute approximate surface area is 465 Å². The standard InChI is InChI=1S/C59H78N8O10SSi/c1-40-9-6-7-10-46(40)53-37-74-27-8-23-65(53)44-34-59(35-44)21-25-63(26-22-59)43-11-13-47(56(68)62-78(72,73)45-12-14-48(51(33-45)67(70)71)60-36-41-15-19-58(2,69)20-16-41)50(32-43)66-49-18-28-75-38-54(49)77-57-52(66)31-42-17-24-64(55(42)61-57)39-76-29-30-79(3,4)5/h6-7,9-14,17,24,31-33,41,44,49,53-54,60,69H,8,15-16,18-23,25-30,34-39H2,1-5H3,(H,62,68)/t41-,49-,53-,54-,58-/m0/s1. The number of nitrogens with one attached hydrogen (secondary N) is 2. The van der Waals surface area contributed by atoms with Crippen LogP contribution in [0.3, 0.4) is 0 Å². The summed E-state index contributed by atoms with van der Waals surface area (Å²) in [5.74, 6) is -0.328. The predicted molar refractivity (Wildman–Crippen MR) is 308 cm³/mol. The summed E-state index contributed by atoms with van der Waals surface area (Å²) in [7, 11) is -5.96. The number of piperidine rings is 1. The number of anilines is 4. The van der Waals surface area contributed by atoms with Crippen LogP contribution in [0, 0.1) is 28.4 Å². The zero-order valence-corrected chi connectivity index (χ0v) is 48.3. The minimum atomic E-state index is -4.65. The van der Waals surface area contributed by atoms with E-state index in [1.54, 1.807) is 6.07 Å². The van der Waals surface area contributed by atoms with Crippen molar-refractivity contribution < 1.29 is 42.2 Å². The number of benzene rings is 3. The van der Waals surface area contributed by atoms with E-state index in [1.165, 1.54) is 23.3 Å². The molecule has 0 radical (unpaired) electrons. The Balaban J connectivity index is 0.886. The summed E-state index contributed by atoms with van der Waals surface area (Å²) in [5.41, 5.74) is 4.75. The molecule has 20 heteroatoms. The number of hydrogen-bond donors (Lipinski definition) is 3. The number of aryl methyl sites for hydroxylation is 1. The SMILES string of the molecule is Cc1ccccc1[C@@H]1COCCCN1C1CC2(CCN(c3ccc(C(=O)NS(=O)(=O)c4ccc(NC[C@H]5CC[C@](C)(O)CC5)c([N+](=O)[O-])c4)c(N4c5cc6ccn(COCC[Si](C)(C)C)c6nc5O[C@H]5COCC[C@@H]54)c3)CC2)C1. The summed E-state index contributed by atoms with van der Waals surface area (Å²) in [6.45, 7) is 17.3. The molecule has 5 fully saturated rings. The lowest BCUT2D eigenvalue weighted by molar-refractivity contribution is -0.384. The molecule has 3 aromatic carbocycles. The minimum Gasteiger partial charge on any atom is -0.468 e. The number of carbonyl (C=O) groups is 1. The molecule has 1 amide bonds. The minimum absolute atomic E-state index is 0.109. The van der Waals surface area contributed by atoms with Crippen LogP contribution in [0.2, 0.25) is 25.7 Å². The molecule has 2 aliphatic carbocycles. The highest BCUT2D eigenvalue weighted by atomic mass is 32.2. The summed E-state index contributed by atoms with van der Waals surface area (Å²) >= 11 is 0.